The Bertz CT molecular complexity index is 1440. The van der Waals surface area contributed by atoms with Crippen LogP contribution in [0.2, 0.25) is 0 Å². The van der Waals surface area contributed by atoms with Gasteiger partial charge in [-0.1, -0.05) is 18.2 Å². The van der Waals surface area contributed by atoms with Gasteiger partial charge in [-0.05, 0) is 35.7 Å². The molecule has 0 bridgehead atoms. The number of aromatic carboxylic acids is 1. The molecule has 5 rings (SSSR count). The fraction of sp³-hybridized carbons (Fsp3) is 0.0435. The molecular formula is C23H15N3O3S2. The lowest BCUT2D eigenvalue weighted by Gasteiger charge is -2.11. The number of fused-ring (bicyclic) bond motifs is 3. The van der Waals surface area contributed by atoms with Crippen molar-refractivity contribution in [2.24, 2.45) is 0 Å². The van der Waals surface area contributed by atoms with Gasteiger partial charge in [0.2, 0.25) is 0 Å². The fourth-order valence-corrected chi connectivity index (χ4v) is 4.96. The number of ketones is 1. The number of carboxylic acid groups (broad SMARTS) is 1. The molecule has 8 heteroatoms. The van der Waals surface area contributed by atoms with Gasteiger partial charge < -0.3 is 10.4 Å². The van der Waals surface area contributed by atoms with Gasteiger partial charge in [0.25, 0.3) is 0 Å². The number of rotatable bonds is 6. The van der Waals surface area contributed by atoms with Gasteiger partial charge in [0, 0.05) is 38.3 Å². The van der Waals surface area contributed by atoms with E-state index in [1.165, 1.54) is 11.3 Å². The number of hydrogen-bond donors (Lipinski definition) is 2. The van der Waals surface area contributed by atoms with Crippen LogP contribution >= 0.6 is 22.7 Å². The molecule has 0 aliphatic carbocycles. The number of carbonyl (C=O) groups is 2. The third-order valence-corrected chi connectivity index (χ3v) is 6.61. The van der Waals surface area contributed by atoms with E-state index in [0.29, 0.717) is 16.9 Å². The maximum atomic E-state index is 12.6. The Morgan fingerprint density at radius 1 is 0.968 bits per heavy atom. The molecule has 0 fully saturated rings. The summed E-state index contributed by atoms with van der Waals surface area (Å²) in [4.78, 5) is 32.9. The summed E-state index contributed by atoms with van der Waals surface area (Å²) in [6, 6.07) is 14.2. The van der Waals surface area contributed by atoms with Gasteiger partial charge in [-0.3, -0.25) is 4.79 Å². The molecule has 2 N–H and O–H groups in total. The molecule has 0 spiro atoms. The van der Waals surface area contributed by atoms with E-state index in [9.17, 15) is 14.7 Å². The number of Topliss-reactive ketones (excluding diaryl/α,β-unsaturated/α-hetero) is 1. The smallest absolute Gasteiger partial charge is 0.335 e. The summed E-state index contributed by atoms with van der Waals surface area (Å²) in [6.45, 7) is 0. The number of carbonyl (C=O) groups excluding carboxylic acids is 1. The van der Waals surface area contributed by atoms with E-state index in [2.05, 4.69) is 15.3 Å². The van der Waals surface area contributed by atoms with Gasteiger partial charge in [-0.15, -0.1) is 22.7 Å². The van der Waals surface area contributed by atoms with E-state index in [1.54, 1.807) is 47.9 Å². The number of hydrogen-bond acceptors (Lipinski definition) is 7. The van der Waals surface area contributed by atoms with Gasteiger partial charge in [0.05, 0.1) is 17.5 Å². The van der Waals surface area contributed by atoms with E-state index in [0.717, 1.165) is 26.2 Å². The average Bonchev–Trinajstić information content (AvgIpc) is 3.46. The molecule has 0 aliphatic rings. The van der Waals surface area contributed by atoms with Crippen molar-refractivity contribution in [3.63, 3.8) is 0 Å². The molecule has 6 nitrogen and oxygen atoms in total. The van der Waals surface area contributed by atoms with Crippen molar-refractivity contribution >= 4 is 66.9 Å². The zero-order valence-electron chi connectivity index (χ0n) is 16.0. The number of thiophene rings is 1. The molecule has 0 amide bonds. The highest BCUT2D eigenvalue weighted by atomic mass is 32.1. The summed E-state index contributed by atoms with van der Waals surface area (Å²) < 4.78 is 1.03. The summed E-state index contributed by atoms with van der Waals surface area (Å²) in [7, 11) is 0. The zero-order chi connectivity index (χ0) is 21.4. The second kappa shape index (κ2) is 7.90. The third kappa shape index (κ3) is 3.78. The molecule has 3 aromatic heterocycles. The minimum Gasteiger partial charge on any atom is -0.478 e. The maximum absolute atomic E-state index is 12.6. The van der Waals surface area contributed by atoms with E-state index >= 15 is 0 Å². The Morgan fingerprint density at radius 2 is 1.87 bits per heavy atom. The first-order valence-corrected chi connectivity index (χ1v) is 11.2. The minimum atomic E-state index is -0.990. The van der Waals surface area contributed by atoms with Crippen LogP contribution in [0, 0.1) is 0 Å². The predicted octanol–water partition coefficient (Wildman–Crippen LogP) is 5.77. The zero-order valence-corrected chi connectivity index (χ0v) is 17.7. The highest BCUT2D eigenvalue weighted by Crippen LogP contribution is 2.35. The summed E-state index contributed by atoms with van der Waals surface area (Å²) in [6.07, 6.45) is 1.96. The molecule has 2 aromatic carbocycles. The average molecular weight is 446 g/mol. The molecule has 0 radical (unpaired) electrons. The lowest BCUT2D eigenvalue weighted by Crippen LogP contribution is -2.04. The second-order valence-corrected chi connectivity index (χ2v) is 8.79. The minimum absolute atomic E-state index is 0.00292. The molecule has 0 atom stereocenters. The van der Waals surface area contributed by atoms with Crippen LogP contribution < -0.4 is 5.32 Å². The quantitative estimate of drug-likeness (QED) is 0.322. The molecule has 152 valence electrons. The number of carboxylic acids is 1. The first-order chi connectivity index (χ1) is 15.1. The second-order valence-electron chi connectivity index (χ2n) is 6.89. The Kier molecular flexibility index (Phi) is 4.93. The van der Waals surface area contributed by atoms with Crippen molar-refractivity contribution in [1.29, 1.82) is 0 Å². The maximum Gasteiger partial charge on any atom is 0.335 e. The summed E-state index contributed by atoms with van der Waals surface area (Å²) in [5, 5.41) is 19.1. The summed E-state index contributed by atoms with van der Waals surface area (Å²) >= 11 is 3.04. The SMILES string of the molecule is O=C(O)c1ccc2c(c1)nc(Nc1cccc(C(=O)Cc3nccs3)c1)c1ccsc12. The number of anilines is 2. The molecule has 0 aliphatic heterocycles. The summed E-state index contributed by atoms with van der Waals surface area (Å²) in [5.74, 6) is -0.372. The van der Waals surface area contributed by atoms with Crippen LogP contribution in [-0.2, 0) is 6.42 Å². The highest BCUT2D eigenvalue weighted by molar-refractivity contribution is 7.18. The number of benzene rings is 2. The Morgan fingerprint density at radius 3 is 2.68 bits per heavy atom. The van der Waals surface area contributed by atoms with Crippen molar-refractivity contribution in [1.82, 2.24) is 9.97 Å². The van der Waals surface area contributed by atoms with Crippen molar-refractivity contribution in [3.05, 3.63) is 81.6 Å². The van der Waals surface area contributed by atoms with Crippen molar-refractivity contribution in [2.45, 2.75) is 6.42 Å². The van der Waals surface area contributed by atoms with Crippen molar-refractivity contribution in [2.75, 3.05) is 5.32 Å². The number of thiazole rings is 1. The van der Waals surface area contributed by atoms with Crippen LogP contribution in [0.1, 0.15) is 25.7 Å². The van der Waals surface area contributed by atoms with Crippen LogP contribution in [0.3, 0.4) is 0 Å². The topological polar surface area (TPSA) is 92.2 Å². The van der Waals surface area contributed by atoms with E-state index in [4.69, 9.17) is 0 Å². The van der Waals surface area contributed by atoms with Crippen LogP contribution in [0.15, 0.2) is 65.5 Å². The molecule has 0 unspecified atom stereocenters. The van der Waals surface area contributed by atoms with E-state index < -0.39 is 5.97 Å². The first kappa shape index (κ1) is 19.3. The van der Waals surface area contributed by atoms with Crippen LogP contribution in [0.4, 0.5) is 11.5 Å². The molecule has 5 aromatic rings. The Hall–Kier alpha value is -3.62. The van der Waals surface area contributed by atoms with Gasteiger partial charge in [0.15, 0.2) is 5.78 Å². The fourth-order valence-electron chi connectivity index (χ4n) is 3.42. The lowest BCUT2D eigenvalue weighted by molar-refractivity contribution is 0.0696. The standard InChI is InChI=1S/C23H15N3O3S2/c27-19(12-20-24-7-9-30-20)13-2-1-3-15(10-13)25-22-17-6-8-31-21(17)16-5-4-14(23(28)29)11-18(16)26-22/h1-11H,12H2,(H,25,26)(H,28,29). The lowest BCUT2D eigenvalue weighted by atomic mass is 10.1. The molecule has 3 heterocycles. The number of nitrogens with one attached hydrogen (secondary N) is 1. The van der Waals surface area contributed by atoms with Gasteiger partial charge in [0.1, 0.15) is 10.8 Å². The van der Waals surface area contributed by atoms with Crippen LogP contribution in [0.5, 0.6) is 0 Å². The largest absolute Gasteiger partial charge is 0.478 e. The summed E-state index contributed by atoms with van der Waals surface area (Å²) in [5.41, 5.74) is 2.12. The van der Waals surface area contributed by atoms with E-state index in [1.807, 2.05) is 29.0 Å². The van der Waals surface area contributed by atoms with Gasteiger partial charge in [-0.25, -0.2) is 14.8 Å². The number of nitrogens with zero attached hydrogens (tertiary/aromatic N) is 2. The van der Waals surface area contributed by atoms with Crippen molar-refractivity contribution < 1.29 is 14.7 Å². The van der Waals surface area contributed by atoms with Gasteiger partial charge >= 0.3 is 5.97 Å². The van der Waals surface area contributed by atoms with Crippen LogP contribution in [-0.4, -0.2) is 26.8 Å². The Balaban J connectivity index is 1.51. The number of aromatic nitrogens is 2. The third-order valence-electron chi connectivity index (χ3n) is 4.88. The normalized spacial score (nSPS) is 11.1. The Labute approximate surface area is 184 Å². The predicted molar refractivity (Wildman–Crippen MR) is 124 cm³/mol. The molecule has 0 saturated heterocycles. The van der Waals surface area contributed by atoms with Crippen LogP contribution in [0.25, 0.3) is 21.0 Å². The molecular weight excluding hydrogens is 430 g/mol. The highest BCUT2D eigenvalue weighted by Gasteiger charge is 2.14. The first-order valence-electron chi connectivity index (χ1n) is 9.41. The molecule has 0 saturated carbocycles. The van der Waals surface area contributed by atoms with Crippen molar-refractivity contribution in [3.8, 4) is 0 Å². The van der Waals surface area contributed by atoms with E-state index in [-0.39, 0.29) is 17.8 Å². The molecule has 31 heavy (non-hydrogen) atoms. The van der Waals surface area contributed by atoms with Gasteiger partial charge in [-0.2, -0.15) is 0 Å². The monoisotopic (exact) mass is 445 g/mol. The number of pyridine rings is 1.